The van der Waals surface area contributed by atoms with E-state index in [0.717, 1.165) is 35.0 Å². The molecule has 3 aromatic rings. The first kappa shape index (κ1) is 19.6. The molecule has 1 aromatic heterocycles. The molecular weight excluding hydrogens is 411 g/mol. The summed E-state index contributed by atoms with van der Waals surface area (Å²) < 4.78 is 69.3. The largest absolute Gasteiger partial charge is 0.573 e. The van der Waals surface area contributed by atoms with Gasteiger partial charge in [0.25, 0.3) is 0 Å². The topological polar surface area (TPSA) is 64.3 Å². The van der Waals surface area contributed by atoms with Crippen LogP contribution in [0.15, 0.2) is 42.5 Å². The zero-order valence-corrected chi connectivity index (χ0v) is 14.2. The van der Waals surface area contributed by atoms with E-state index in [1.54, 1.807) is 0 Å². The minimum atomic E-state index is -5.05. The molecule has 1 heterocycles. The molecule has 0 unspecified atom stereocenters. The summed E-state index contributed by atoms with van der Waals surface area (Å²) in [4.78, 5) is 11.3. The number of hydrogen-bond donors (Lipinski definition) is 1. The van der Waals surface area contributed by atoms with E-state index in [4.69, 9.17) is 16.7 Å². The first-order valence-electron chi connectivity index (χ1n) is 7.39. The van der Waals surface area contributed by atoms with Crippen LogP contribution < -0.4 is 4.74 Å². The summed E-state index contributed by atoms with van der Waals surface area (Å²) in [5, 5.41) is 12.7. The predicted molar refractivity (Wildman–Crippen MR) is 87.6 cm³/mol. The molecule has 0 amide bonds. The molecule has 0 atom stereocenters. The molecule has 0 aliphatic rings. The van der Waals surface area contributed by atoms with Crippen molar-refractivity contribution in [3.05, 3.63) is 64.8 Å². The summed E-state index contributed by atoms with van der Waals surface area (Å²) in [5.41, 5.74) is -0.597. The van der Waals surface area contributed by atoms with E-state index in [1.807, 2.05) is 0 Å². The Kier molecular flexibility index (Phi) is 4.99. The zero-order valence-electron chi connectivity index (χ0n) is 13.5. The van der Waals surface area contributed by atoms with Crippen molar-refractivity contribution < 1.29 is 36.6 Å². The van der Waals surface area contributed by atoms with Crippen LogP contribution in [0, 0.1) is 11.6 Å². The van der Waals surface area contributed by atoms with Gasteiger partial charge in [-0.05, 0) is 36.4 Å². The van der Waals surface area contributed by atoms with Gasteiger partial charge in [0.05, 0.1) is 16.4 Å². The van der Waals surface area contributed by atoms with Crippen LogP contribution >= 0.6 is 11.6 Å². The molecule has 2 aromatic carbocycles. The van der Waals surface area contributed by atoms with Gasteiger partial charge in [-0.3, -0.25) is 0 Å². The Morgan fingerprint density at radius 3 is 2.43 bits per heavy atom. The van der Waals surface area contributed by atoms with Crippen molar-refractivity contribution in [2.24, 2.45) is 0 Å². The third kappa shape index (κ3) is 4.22. The summed E-state index contributed by atoms with van der Waals surface area (Å²) >= 11 is 5.72. The SMILES string of the molecule is O=C(O)c1cc(-c2cc(F)cc(OC(F)(F)F)c2)n(-c2ccc(F)c(Cl)c2)n1. The number of aromatic carboxylic acids is 1. The van der Waals surface area contributed by atoms with E-state index in [1.165, 1.54) is 6.07 Å². The van der Waals surface area contributed by atoms with E-state index >= 15 is 0 Å². The summed E-state index contributed by atoms with van der Waals surface area (Å²) in [6.45, 7) is 0. The van der Waals surface area contributed by atoms with Gasteiger partial charge in [0.2, 0.25) is 0 Å². The Bertz CT molecular complexity index is 1070. The fraction of sp³-hybridized carbons (Fsp3) is 0.0588. The summed E-state index contributed by atoms with van der Waals surface area (Å²) in [6, 6.07) is 6.61. The maximum atomic E-state index is 13.8. The van der Waals surface area contributed by atoms with E-state index in [-0.39, 0.29) is 22.0 Å². The Labute approximate surface area is 158 Å². The molecule has 0 saturated heterocycles. The molecule has 5 nitrogen and oxygen atoms in total. The predicted octanol–water partition coefficient (Wildman–Crippen LogP) is 5.07. The van der Waals surface area contributed by atoms with Gasteiger partial charge in [0.15, 0.2) is 5.69 Å². The highest BCUT2D eigenvalue weighted by Crippen LogP contribution is 2.32. The number of alkyl halides is 3. The van der Waals surface area contributed by atoms with E-state index in [0.29, 0.717) is 6.07 Å². The van der Waals surface area contributed by atoms with Crippen molar-refractivity contribution >= 4 is 17.6 Å². The van der Waals surface area contributed by atoms with Crippen LogP contribution in [-0.4, -0.2) is 27.2 Å². The highest BCUT2D eigenvalue weighted by atomic mass is 35.5. The van der Waals surface area contributed by atoms with Crippen LogP contribution in [0.5, 0.6) is 5.75 Å². The Balaban J connectivity index is 2.18. The third-order valence-corrected chi connectivity index (χ3v) is 3.77. The lowest BCUT2D eigenvalue weighted by Crippen LogP contribution is -2.17. The summed E-state index contributed by atoms with van der Waals surface area (Å²) in [7, 11) is 0. The van der Waals surface area contributed by atoms with Gasteiger partial charge in [0.1, 0.15) is 17.4 Å². The van der Waals surface area contributed by atoms with E-state index in [9.17, 15) is 26.7 Å². The van der Waals surface area contributed by atoms with Crippen LogP contribution in [-0.2, 0) is 0 Å². The molecule has 146 valence electrons. The Morgan fingerprint density at radius 2 is 1.82 bits per heavy atom. The molecule has 11 heteroatoms. The average molecular weight is 419 g/mol. The van der Waals surface area contributed by atoms with Gasteiger partial charge < -0.3 is 9.84 Å². The Morgan fingerprint density at radius 1 is 1.11 bits per heavy atom. The van der Waals surface area contributed by atoms with Crippen molar-refractivity contribution in [2.45, 2.75) is 6.36 Å². The van der Waals surface area contributed by atoms with Gasteiger partial charge >= 0.3 is 12.3 Å². The molecule has 0 spiro atoms. The number of benzene rings is 2. The van der Waals surface area contributed by atoms with E-state index in [2.05, 4.69) is 9.84 Å². The van der Waals surface area contributed by atoms with Crippen LogP contribution in [0.3, 0.4) is 0 Å². The first-order valence-corrected chi connectivity index (χ1v) is 7.77. The standard InChI is InChI=1S/C17H8ClF5N2O3/c18-12-6-10(1-2-13(12)20)25-15(7-14(24-25)16(26)27)8-3-9(19)5-11(4-8)28-17(21,22)23/h1-7H,(H,26,27). The normalized spacial score (nSPS) is 11.5. The molecule has 0 fully saturated rings. The van der Waals surface area contributed by atoms with Crippen LogP contribution in [0.25, 0.3) is 16.9 Å². The van der Waals surface area contributed by atoms with Crippen molar-refractivity contribution in [1.82, 2.24) is 9.78 Å². The van der Waals surface area contributed by atoms with Gasteiger partial charge in [-0.1, -0.05) is 11.6 Å². The molecule has 28 heavy (non-hydrogen) atoms. The maximum absolute atomic E-state index is 13.8. The number of aromatic nitrogens is 2. The number of carboxylic acid groups (broad SMARTS) is 1. The van der Waals surface area contributed by atoms with Crippen LogP contribution in [0.2, 0.25) is 5.02 Å². The van der Waals surface area contributed by atoms with Crippen molar-refractivity contribution in [3.8, 4) is 22.7 Å². The van der Waals surface area contributed by atoms with Crippen molar-refractivity contribution in [1.29, 1.82) is 0 Å². The third-order valence-electron chi connectivity index (χ3n) is 3.48. The lowest BCUT2D eigenvalue weighted by Gasteiger charge is -2.12. The number of ether oxygens (including phenoxy) is 1. The number of rotatable bonds is 4. The van der Waals surface area contributed by atoms with Crippen LogP contribution in [0.4, 0.5) is 22.0 Å². The number of halogens is 6. The fourth-order valence-corrected chi connectivity index (χ4v) is 2.58. The van der Waals surface area contributed by atoms with Gasteiger partial charge in [-0.15, -0.1) is 13.2 Å². The molecule has 0 aliphatic carbocycles. The van der Waals surface area contributed by atoms with Gasteiger partial charge in [-0.2, -0.15) is 5.10 Å². The highest BCUT2D eigenvalue weighted by Gasteiger charge is 2.31. The molecule has 0 saturated carbocycles. The lowest BCUT2D eigenvalue weighted by atomic mass is 10.1. The summed E-state index contributed by atoms with van der Waals surface area (Å²) in [6.07, 6.45) is -5.05. The van der Waals surface area contributed by atoms with E-state index < -0.39 is 35.4 Å². The van der Waals surface area contributed by atoms with Crippen LogP contribution in [0.1, 0.15) is 10.5 Å². The van der Waals surface area contributed by atoms with Crippen molar-refractivity contribution in [3.63, 3.8) is 0 Å². The average Bonchev–Trinajstić information content (AvgIpc) is 3.01. The van der Waals surface area contributed by atoms with Gasteiger partial charge in [-0.25, -0.2) is 18.3 Å². The fourth-order valence-electron chi connectivity index (χ4n) is 2.41. The van der Waals surface area contributed by atoms with Gasteiger partial charge in [0, 0.05) is 11.6 Å². The molecule has 1 N–H and O–H groups in total. The molecule has 0 bridgehead atoms. The second-order valence-electron chi connectivity index (χ2n) is 5.45. The second-order valence-corrected chi connectivity index (χ2v) is 5.86. The minimum absolute atomic E-state index is 0.0772. The first-order chi connectivity index (χ1) is 13.0. The van der Waals surface area contributed by atoms with Crippen molar-refractivity contribution in [2.75, 3.05) is 0 Å². The Hall–Kier alpha value is -3.14. The summed E-state index contributed by atoms with van der Waals surface area (Å²) in [5.74, 6) is -4.08. The zero-order chi connectivity index (χ0) is 20.6. The second kappa shape index (κ2) is 7.12. The molecular formula is C17H8ClF5N2O3. The lowest BCUT2D eigenvalue weighted by molar-refractivity contribution is -0.274. The number of nitrogens with zero attached hydrogens (tertiary/aromatic N) is 2. The smallest absolute Gasteiger partial charge is 0.476 e. The maximum Gasteiger partial charge on any atom is 0.573 e. The molecule has 0 radical (unpaired) electrons. The molecule has 0 aliphatic heterocycles. The number of carboxylic acids is 1. The highest BCUT2D eigenvalue weighted by molar-refractivity contribution is 6.30. The molecule has 3 rings (SSSR count). The monoisotopic (exact) mass is 418 g/mol. The number of carbonyl (C=O) groups is 1. The minimum Gasteiger partial charge on any atom is -0.476 e. The number of hydrogen-bond acceptors (Lipinski definition) is 3. The quantitative estimate of drug-likeness (QED) is 0.601.